The molecular formula is C8H12ClN3O2. The number of alkyl halides is 1. The van der Waals surface area contributed by atoms with Gasteiger partial charge in [0.2, 0.25) is 0 Å². The van der Waals surface area contributed by atoms with Gasteiger partial charge in [-0.05, 0) is 6.92 Å². The molecule has 2 rings (SSSR count). The maximum Gasteiger partial charge on any atom is 0.105 e. The molecule has 1 aliphatic heterocycles. The van der Waals surface area contributed by atoms with Crippen molar-refractivity contribution >= 4 is 11.6 Å². The third-order valence-electron chi connectivity index (χ3n) is 2.30. The van der Waals surface area contributed by atoms with E-state index in [4.69, 9.17) is 16.3 Å². The van der Waals surface area contributed by atoms with E-state index in [2.05, 4.69) is 10.3 Å². The van der Waals surface area contributed by atoms with Crippen LogP contribution in [0.15, 0.2) is 6.20 Å². The van der Waals surface area contributed by atoms with Gasteiger partial charge in [0, 0.05) is 0 Å². The molecule has 1 saturated heterocycles. The first kappa shape index (κ1) is 9.89. The van der Waals surface area contributed by atoms with Gasteiger partial charge in [0.15, 0.2) is 0 Å². The van der Waals surface area contributed by atoms with Crippen LogP contribution in [0.4, 0.5) is 0 Å². The Morgan fingerprint density at radius 1 is 1.71 bits per heavy atom. The first-order chi connectivity index (χ1) is 6.68. The molecule has 0 aromatic carbocycles. The molecule has 78 valence electrons. The molecule has 5 nitrogen and oxygen atoms in total. The molecule has 0 spiro atoms. The van der Waals surface area contributed by atoms with Crippen LogP contribution in [0.25, 0.3) is 0 Å². The summed E-state index contributed by atoms with van der Waals surface area (Å²) in [5, 5.41) is 17.2. The van der Waals surface area contributed by atoms with E-state index in [1.807, 2.05) is 6.92 Å². The van der Waals surface area contributed by atoms with Gasteiger partial charge in [-0.15, -0.1) is 16.7 Å². The van der Waals surface area contributed by atoms with Gasteiger partial charge in [0.05, 0.1) is 24.8 Å². The molecule has 3 atom stereocenters. The number of ether oxygens (including phenoxy) is 1. The van der Waals surface area contributed by atoms with E-state index in [9.17, 15) is 5.11 Å². The Hall–Kier alpha value is -0.650. The highest BCUT2D eigenvalue weighted by Gasteiger charge is 2.29. The van der Waals surface area contributed by atoms with Crippen molar-refractivity contribution in [2.45, 2.75) is 24.4 Å². The molecule has 0 saturated carbocycles. The van der Waals surface area contributed by atoms with Crippen LogP contribution < -0.4 is 0 Å². The fourth-order valence-corrected chi connectivity index (χ4v) is 1.52. The minimum atomic E-state index is -0.504. The van der Waals surface area contributed by atoms with Crippen LogP contribution >= 0.6 is 11.6 Å². The van der Waals surface area contributed by atoms with E-state index >= 15 is 0 Å². The molecule has 1 aliphatic rings. The highest BCUT2D eigenvalue weighted by atomic mass is 35.5. The zero-order chi connectivity index (χ0) is 10.1. The predicted molar refractivity (Wildman–Crippen MR) is 50.2 cm³/mol. The van der Waals surface area contributed by atoms with E-state index in [1.165, 1.54) is 0 Å². The first-order valence-electron chi connectivity index (χ1n) is 4.50. The molecule has 2 heterocycles. The van der Waals surface area contributed by atoms with Crippen molar-refractivity contribution < 1.29 is 9.84 Å². The molecule has 1 aromatic heterocycles. The fourth-order valence-electron chi connectivity index (χ4n) is 1.42. The van der Waals surface area contributed by atoms with E-state index < -0.39 is 6.10 Å². The number of aromatic nitrogens is 3. The van der Waals surface area contributed by atoms with Crippen molar-refractivity contribution in [3.05, 3.63) is 11.9 Å². The summed E-state index contributed by atoms with van der Waals surface area (Å²) in [6, 6.07) is -0.133. The number of hydrogen-bond acceptors (Lipinski definition) is 4. The zero-order valence-corrected chi connectivity index (χ0v) is 8.55. The Labute approximate surface area is 86.6 Å². The number of rotatable bonds is 2. The number of hydrogen-bond donors (Lipinski definition) is 1. The lowest BCUT2D eigenvalue weighted by Crippen LogP contribution is -2.22. The van der Waals surface area contributed by atoms with Gasteiger partial charge < -0.3 is 9.84 Å². The van der Waals surface area contributed by atoms with Crippen molar-refractivity contribution in [1.29, 1.82) is 0 Å². The number of nitrogens with zero attached hydrogens (tertiary/aromatic N) is 3. The molecule has 1 N–H and O–H groups in total. The van der Waals surface area contributed by atoms with E-state index in [0.29, 0.717) is 18.9 Å². The summed E-state index contributed by atoms with van der Waals surface area (Å²) in [7, 11) is 0. The molecule has 1 fully saturated rings. The molecule has 0 bridgehead atoms. The fraction of sp³-hybridized carbons (Fsp3) is 0.750. The lowest BCUT2D eigenvalue weighted by Gasteiger charge is -2.10. The zero-order valence-electron chi connectivity index (χ0n) is 7.80. The van der Waals surface area contributed by atoms with Crippen LogP contribution in [0.5, 0.6) is 0 Å². The highest BCUT2D eigenvalue weighted by molar-refractivity contribution is 6.20. The van der Waals surface area contributed by atoms with Crippen LogP contribution in [-0.2, 0) is 4.74 Å². The Morgan fingerprint density at radius 2 is 2.50 bits per heavy atom. The smallest absolute Gasteiger partial charge is 0.105 e. The minimum absolute atomic E-state index is 0.133. The van der Waals surface area contributed by atoms with E-state index in [0.717, 1.165) is 0 Å². The van der Waals surface area contributed by atoms with Gasteiger partial charge in [0.25, 0.3) is 0 Å². The highest BCUT2D eigenvalue weighted by Crippen LogP contribution is 2.21. The third kappa shape index (κ3) is 1.75. The Bertz CT molecular complexity index is 315. The maximum absolute atomic E-state index is 9.54. The van der Waals surface area contributed by atoms with Gasteiger partial charge in [-0.25, -0.2) is 4.68 Å². The van der Waals surface area contributed by atoms with Gasteiger partial charge in [-0.2, -0.15) is 0 Å². The molecule has 0 amide bonds. The number of aliphatic hydroxyl groups is 1. The molecule has 0 radical (unpaired) electrons. The molecule has 0 aliphatic carbocycles. The van der Waals surface area contributed by atoms with Gasteiger partial charge in [-0.1, -0.05) is 5.21 Å². The van der Waals surface area contributed by atoms with Gasteiger partial charge in [-0.3, -0.25) is 0 Å². The lowest BCUT2D eigenvalue weighted by molar-refractivity contribution is 0.117. The SMILES string of the molecule is CC(Cl)c1cn(C2COCC2O)nn1. The van der Waals surface area contributed by atoms with Crippen LogP contribution in [0, 0.1) is 0 Å². The molecule has 1 aromatic rings. The maximum atomic E-state index is 9.54. The number of aliphatic hydroxyl groups excluding tert-OH is 1. The summed E-state index contributed by atoms with van der Waals surface area (Å²) in [5.74, 6) is 0. The first-order valence-corrected chi connectivity index (χ1v) is 4.93. The minimum Gasteiger partial charge on any atom is -0.388 e. The van der Waals surface area contributed by atoms with Crippen molar-refractivity contribution in [3.63, 3.8) is 0 Å². The monoisotopic (exact) mass is 217 g/mol. The second-order valence-corrected chi connectivity index (χ2v) is 4.07. The van der Waals surface area contributed by atoms with Crippen LogP contribution in [0.1, 0.15) is 24.0 Å². The van der Waals surface area contributed by atoms with Crippen molar-refractivity contribution in [2.24, 2.45) is 0 Å². The van der Waals surface area contributed by atoms with E-state index in [1.54, 1.807) is 10.9 Å². The summed E-state index contributed by atoms with van der Waals surface area (Å²) in [5.41, 5.74) is 0.714. The van der Waals surface area contributed by atoms with Crippen LogP contribution in [-0.4, -0.2) is 39.4 Å². The molecule has 14 heavy (non-hydrogen) atoms. The molecule has 6 heteroatoms. The normalized spacial score (nSPS) is 29.4. The van der Waals surface area contributed by atoms with Crippen LogP contribution in [0.3, 0.4) is 0 Å². The quantitative estimate of drug-likeness (QED) is 0.734. The van der Waals surface area contributed by atoms with Crippen molar-refractivity contribution in [2.75, 3.05) is 13.2 Å². The largest absolute Gasteiger partial charge is 0.388 e. The van der Waals surface area contributed by atoms with Crippen molar-refractivity contribution in [1.82, 2.24) is 15.0 Å². The number of halogens is 1. The van der Waals surface area contributed by atoms with Gasteiger partial charge >= 0.3 is 0 Å². The second kappa shape index (κ2) is 3.84. The molecular weight excluding hydrogens is 206 g/mol. The van der Waals surface area contributed by atoms with E-state index in [-0.39, 0.29) is 11.4 Å². The standard InChI is InChI=1S/C8H12ClN3O2/c1-5(9)6-2-12(11-10-6)7-3-14-4-8(7)13/h2,5,7-8,13H,3-4H2,1H3. The topological polar surface area (TPSA) is 60.2 Å². The average molecular weight is 218 g/mol. The van der Waals surface area contributed by atoms with Crippen LogP contribution in [0.2, 0.25) is 0 Å². The Balaban J connectivity index is 2.16. The third-order valence-corrected chi connectivity index (χ3v) is 2.52. The Morgan fingerprint density at radius 3 is 3.00 bits per heavy atom. The van der Waals surface area contributed by atoms with Gasteiger partial charge in [0.1, 0.15) is 17.8 Å². The Kier molecular flexibility index (Phi) is 2.71. The summed E-state index contributed by atoms with van der Waals surface area (Å²) >= 11 is 5.85. The summed E-state index contributed by atoms with van der Waals surface area (Å²) in [6.07, 6.45) is 1.25. The molecule has 3 unspecified atom stereocenters. The lowest BCUT2D eigenvalue weighted by atomic mass is 10.2. The summed E-state index contributed by atoms with van der Waals surface area (Å²) in [4.78, 5) is 0. The predicted octanol–water partition coefficient (Wildman–Crippen LogP) is 0.510. The van der Waals surface area contributed by atoms with Crippen molar-refractivity contribution in [3.8, 4) is 0 Å². The summed E-state index contributed by atoms with van der Waals surface area (Å²) < 4.78 is 6.74. The summed E-state index contributed by atoms with van der Waals surface area (Å²) in [6.45, 7) is 2.66. The average Bonchev–Trinajstić information content (AvgIpc) is 2.71. The second-order valence-electron chi connectivity index (χ2n) is 3.41.